The van der Waals surface area contributed by atoms with Gasteiger partial charge >= 0.3 is 0 Å². The fraction of sp³-hybridized carbons (Fsp3) is 0.364. The van der Waals surface area contributed by atoms with E-state index in [9.17, 15) is 4.79 Å². The van der Waals surface area contributed by atoms with E-state index < -0.39 is 0 Å². The van der Waals surface area contributed by atoms with Crippen molar-refractivity contribution in [3.8, 4) is 0 Å². The Morgan fingerprint density at radius 1 is 1.40 bits per heavy atom. The third-order valence-electron chi connectivity index (χ3n) is 2.47. The number of nitrogens with zero attached hydrogens (tertiary/aromatic N) is 1. The minimum atomic E-state index is -0.355. The van der Waals surface area contributed by atoms with Crippen molar-refractivity contribution in [3.63, 3.8) is 0 Å². The summed E-state index contributed by atoms with van der Waals surface area (Å²) in [7, 11) is 1.84. The average Bonchev–Trinajstić information content (AvgIpc) is 2.13. The zero-order chi connectivity index (χ0) is 11.2. The second-order valence-corrected chi connectivity index (χ2v) is 7.00. The van der Waals surface area contributed by atoms with Gasteiger partial charge in [-0.3, -0.25) is 4.79 Å². The monoisotopic (exact) mass is 333 g/mol. The van der Waals surface area contributed by atoms with Crippen molar-refractivity contribution in [3.05, 3.63) is 21.8 Å². The Labute approximate surface area is 108 Å². The van der Waals surface area contributed by atoms with Crippen molar-refractivity contribution < 1.29 is 4.79 Å². The van der Waals surface area contributed by atoms with Gasteiger partial charge in [-0.25, -0.2) is 0 Å². The van der Waals surface area contributed by atoms with Crippen LogP contribution in [0.2, 0.25) is 0 Å². The number of thioether (sulfide) groups is 1. The van der Waals surface area contributed by atoms with Gasteiger partial charge in [-0.1, -0.05) is 0 Å². The lowest BCUT2D eigenvalue weighted by atomic mass is 10.1. The van der Waals surface area contributed by atoms with Crippen molar-refractivity contribution in [1.29, 1.82) is 0 Å². The highest BCUT2D eigenvalue weighted by atomic mass is 127. The maximum Gasteiger partial charge on any atom is 0.242 e. The van der Waals surface area contributed by atoms with Crippen LogP contribution in [0.25, 0.3) is 0 Å². The molecule has 1 aliphatic rings. The highest BCUT2D eigenvalue weighted by Gasteiger charge is 2.37. The van der Waals surface area contributed by atoms with E-state index in [1.54, 1.807) is 16.7 Å². The van der Waals surface area contributed by atoms with Crippen LogP contribution < -0.4 is 4.90 Å². The van der Waals surface area contributed by atoms with Crippen LogP contribution in [-0.2, 0) is 4.79 Å². The smallest absolute Gasteiger partial charge is 0.242 e. The first-order valence-electron chi connectivity index (χ1n) is 4.68. The van der Waals surface area contributed by atoms with Crippen LogP contribution in [-0.4, -0.2) is 17.7 Å². The molecule has 4 heteroatoms. The molecule has 0 N–H and O–H groups in total. The van der Waals surface area contributed by atoms with Gasteiger partial charge in [-0.15, -0.1) is 11.8 Å². The molecule has 0 aromatic heterocycles. The minimum Gasteiger partial charge on any atom is -0.313 e. The van der Waals surface area contributed by atoms with Gasteiger partial charge in [0.1, 0.15) is 0 Å². The molecule has 15 heavy (non-hydrogen) atoms. The molecule has 0 unspecified atom stereocenters. The number of hydrogen-bond acceptors (Lipinski definition) is 2. The normalized spacial score (nSPS) is 18.9. The van der Waals surface area contributed by atoms with E-state index in [-0.39, 0.29) is 10.7 Å². The molecule has 1 aliphatic heterocycles. The summed E-state index contributed by atoms with van der Waals surface area (Å²) in [6, 6.07) is 6.17. The lowest BCUT2D eigenvalue weighted by Gasteiger charge is -2.35. The van der Waals surface area contributed by atoms with Crippen LogP contribution in [0.3, 0.4) is 0 Å². The Balaban J connectivity index is 2.55. The summed E-state index contributed by atoms with van der Waals surface area (Å²) in [5.74, 6) is 0.168. The van der Waals surface area contributed by atoms with Crippen LogP contribution in [0.5, 0.6) is 0 Å². The van der Waals surface area contributed by atoms with Crippen molar-refractivity contribution >= 4 is 45.9 Å². The Hall–Kier alpha value is -0.230. The molecule has 1 amide bonds. The van der Waals surface area contributed by atoms with Gasteiger partial charge in [0.2, 0.25) is 5.91 Å². The van der Waals surface area contributed by atoms with E-state index in [4.69, 9.17) is 0 Å². The summed E-state index contributed by atoms with van der Waals surface area (Å²) in [4.78, 5) is 14.9. The fourth-order valence-electron chi connectivity index (χ4n) is 1.68. The quantitative estimate of drug-likeness (QED) is 0.680. The number of hydrogen-bond donors (Lipinski definition) is 0. The Morgan fingerprint density at radius 2 is 2.07 bits per heavy atom. The Bertz CT molecular complexity index is 431. The summed E-state index contributed by atoms with van der Waals surface area (Å²) in [6.07, 6.45) is 0. The van der Waals surface area contributed by atoms with E-state index in [0.29, 0.717) is 0 Å². The molecule has 0 spiro atoms. The van der Waals surface area contributed by atoms with Crippen LogP contribution in [0.15, 0.2) is 23.1 Å². The number of halogens is 1. The lowest BCUT2D eigenvalue weighted by molar-refractivity contribution is -0.120. The molecule has 0 bridgehead atoms. The molecule has 0 fully saturated rings. The van der Waals surface area contributed by atoms with Gasteiger partial charge in [0.25, 0.3) is 0 Å². The zero-order valence-electron chi connectivity index (χ0n) is 8.87. The van der Waals surface area contributed by atoms with E-state index in [0.717, 1.165) is 5.69 Å². The average molecular weight is 333 g/mol. The molecule has 0 saturated heterocycles. The summed E-state index contributed by atoms with van der Waals surface area (Å²) < 4.78 is 0.851. The Kier molecular flexibility index (Phi) is 2.75. The molecule has 1 heterocycles. The molecule has 80 valence electrons. The number of anilines is 1. The van der Waals surface area contributed by atoms with Gasteiger partial charge in [0, 0.05) is 15.5 Å². The molecule has 1 aromatic carbocycles. The Morgan fingerprint density at radius 3 is 2.73 bits per heavy atom. The SMILES string of the molecule is CN1C(=O)C(C)(C)Sc2cc(I)ccc21. The molecule has 0 radical (unpaired) electrons. The summed E-state index contributed by atoms with van der Waals surface area (Å²) >= 11 is 3.94. The molecule has 2 nitrogen and oxygen atoms in total. The summed E-state index contributed by atoms with van der Waals surface area (Å²) in [5.41, 5.74) is 1.02. The number of carbonyl (C=O) groups is 1. The molecule has 0 aliphatic carbocycles. The largest absolute Gasteiger partial charge is 0.313 e. The minimum absolute atomic E-state index is 0.168. The van der Waals surface area contributed by atoms with Crippen LogP contribution in [0, 0.1) is 3.57 Å². The number of carbonyl (C=O) groups excluding carboxylic acids is 1. The third kappa shape index (κ3) is 1.89. The molecular weight excluding hydrogens is 321 g/mol. The molecule has 0 atom stereocenters. The van der Waals surface area contributed by atoms with Crippen molar-refractivity contribution in [2.75, 3.05) is 11.9 Å². The summed E-state index contributed by atoms with van der Waals surface area (Å²) in [6.45, 7) is 3.94. The van der Waals surface area contributed by atoms with Gasteiger partial charge < -0.3 is 4.90 Å². The lowest BCUT2D eigenvalue weighted by Crippen LogP contribution is -2.44. The van der Waals surface area contributed by atoms with Crippen LogP contribution in [0.4, 0.5) is 5.69 Å². The highest BCUT2D eigenvalue weighted by molar-refractivity contribution is 14.1. The first-order chi connectivity index (χ1) is 6.92. The fourth-order valence-corrected chi connectivity index (χ4v) is 3.65. The van der Waals surface area contributed by atoms with E-state index >= 15 is 0 Å². The first-order valence-corrected chi connectivity index (χ1v) is 6.58. The summed E-state index contributed by atoms with van der Waals surface area (Å²) in [5, 5.41) is 0. The van der Waals surface area contributed by atoms with E-state index in [1.807, 2.05) is 33.0 Å². The number of amides is 1. The van der Waals surface area contributed by atoms with Crippen molar-refractivity contribution in [1.82, 2.24) is 0 Å². The van der Waals surface area contributed by atoms with E-state index in [2.05, 4.69) is 28.7 Å². The third-order valence-corrected chi connectivity index (χ3v) is 4.37. The van der Waals surface area contributed by atoms with Gasteiger partial charge in [0.05, 0.1) is 10.4 Å². The second-order valence-electron chi connectivity index (χ2n) is 4.09. The number of rotatable bonds is 0. The number of fused-ring (bicyclic) bond motifs is 1. The van der Waals surface area contributed by atoms with Gasteiger partial charge in [0.15, 0.2) is 0 Å². The molecular formula is C11H12INOS. The van der Waals surface area contributed by atoms with E-state index in [1.165, 1.54) is 8.47 Å². The maximum absolute atomic E-state index is 12.0. The van der Waals surface area contributed by atoms with Crippen molar-refractivity contribution in [2.45, 2.75) is 23.5 Å². The van der Waals surface area contributed by atoms with Crippen molar-refractivity contribution in [2.24, 2.45) is 0 Å². The highest BCUT2D eigenvalue weighted by Crippen LogP contribution is 2.44. The van der Waals surface area contributed by atoms with Crippen LogP contribution in [0.1, 0.15) is 13.8 Å². The first kappa shape index (κ1) is 11.3. The predicted octanol–water partition coefficient (Wildman–Crippen LogP) is 3.14. The molecule has 1 aromatic rings. The van der Waals surface area contributed by atoms with Crippen LogP contribution >= 0.6 is 34.4 Å². The van der Waals surface area contributed by atoms with Gasteiger partial charge in [-0.2, -0.15) is 0 Å². The maximum atomic E-state index is 12.0. The number of benzene rings is 1. The van der Waals surface area contributed by atoms with Gasteiger partial charge in [-0.05, 0) is 54.6 Å². The molecule has 2 rings (SSSR count). The predicted molar refractivity (Wildman–Crippen MR) is 72.5 cm³/mol. The second kappa shape index (κ2) is 3.66. The molecule has 0 saturated carbocycles. The zero-order valence-corrected chi connectivity index (χ0v) is 11.8. The standard InChI is InChI=1S/C11H12INOS/c1-11(2)10(14)13(3)8-5-4-7(12)6-9(8)15-11/h4-6H,1-3H3. The topological polar surface area (TPSA) is 20.3 Å².